The third kappa shape index (κ3) is 2.40. The van der Waals surface area contributed by atoms with Gasteiger partial charge in [-0.2, -0.15) is 0 Å². The minimum absolute atomic E-state index is 0.0740. The van der Waals surface area contributed by atoms with Crippen molar-refractivity contribution in [1.29, 1.82) is 0 Å². The Kier molecular flexibility index (Phi) is 3.76. The maximum atomic E-state index is 10.8. The SMILES string of the molecule is CC[C@H]1CCN[C@@H]1CN1CCC[C@H]1[C]=O. The Balaban J connectivity index is 1.87. The van der Waals surface area contributed by atoms with Crippen LogP contribution in [0.3, 0.4) is 0 Å². The largest absolute Gasteiger partial charge is 0.312 e. The lowest BCUT2D eigenvalue weighted by Gasteiger charge is -2.26. The van der Waals surface area contributed by atoms with E-state index < -0.39 is 0 Å². The zero-order valence-electron chi connectivity index (χ0n) is 9.54. The second kappa shape index (κ2) is 5.08. The first kappa shape index (κ1) is 11.1. The second-order valence-corrected chi connectivity index (χ2v) is 4.79. The molecule has 3 heteroatoms. The van der Waals surface area contributed by atoms with Crippen molar-refractivity contribution >= 4 is 6.29 Å². The molecule has 2 rings (SSSR count). The van der Waals surface area contributed by atoms with Gasteiger partial charge < -0.3 is 5.32 Å². The van der Waals surface area contributed by atoms with Crippen molar-refractivity contribution in [2.24, 2.45) is 5.92 Å². The highest BCUT2D eigenvalue weighted by Crippen LogP contribution is 2.23. The van der Waals surface area contributed by atoms with Gasteiger partial charge in [-0.1, -0.05) is 13.3 Å². The lowest BCUT2D eigenvalue weighted by atomic mass is 9.97. The second-order valence-electron chi connectivity index (χ2n) is 4.79. The van der Waals surface area contributed by atoms with Gasteiger partial charge >= 0.3 is 0 Å². The predicted octanol–water partition coefficient (Wildman–Crippen LogP) is 0.949. The van der Waals surface area contributed by atoms with Crippen LogP contribution in [0.1, 0.15) is 32.6 Å². The molecule has 0 aromatic rings. The number of likely N-dealkylation sites (tertiary alicyclic amines) is 1. The molecule has 85 valence electrons. The lowest BCUT2D eigenvalue weighted by molar-refractivity contribution is 0.243. The van der Waals surface area contributed by atoms with Crippen LogP contribution < -0.4 is 5.32 Å². The molecule has 3 atom stereocenters. The summed E-state index contributed by atoms with van der Waals surface area (Å²) in [6, 6.07) is 0.675. The molecule has 0 aliphatic carbocycles. The van der Waals surface area contributed by atoms with Crippen LogP contribution in [-0.4, -0.2) is 42.9 Å². The Morgan fingerprint density at radius 1 is 1.47 bits per heavy atom. The Hall–Kier alpha value is -0.410. The van der Waals surface area contributed by atoms with Crippen LogP contribution in [0.5, 0.6) is 0 Å². The zero-order chi connectivity index (χ0) is 10.7. The average Bonchev–Trinajstić information content (AvgIpc) is 2.87. The molecule has 2 saturated heterocycles. The number of nitrogens with one attached hydrogen (secondary N) is 1. The Morgan fingerprint density at radius 3 is 3.07 bits per heavy atom. The van der Waals surface area contributed by atoms with Gasteiger partial charge in [0, 0.05) is 12.6 Å². The summed E-state index contributed by atoms with van der Waals surface area (Å²) in [6.07, 6.45) is 6.88. The maximum Gasteiger partial charge on any atom is 0.217 e. The van der Waals surface area contributed by atoms with E-state index in [0.717, 1.165) is 38.4 Å². The first-order chi connectivity index (χ1) is 7.35. The van der Waals surface area contributed by atoms with Crippen molar-refractivity contribution in [3.63, 3.8) is 0 Å². The average molecular weight is 209 g/mol. The van der Waals surface area contributed by atoms with E-state index >= 15 is 0 Å². The highest BCUT2D eigenvalue weighted by molar-refractivity contribution is 5.59. The molecule has 2 aliphatic rings. The van der Waals surface area contributed by atoms with Gasteiger partial charge in [-0.3, -0.25) is 9.69 Å². The minimum Gasteiger partial charge on any atom is -0.312 e. The Morgan fingerprint density at radius 2 is 2.33 bits per heavy atom. The van der Waals surface area contributed by atoms with E-state index in [4.69, 9.17) is 0 Å². The first-order valence-corrected chi connectivity index (χ1v) is 6.20. The molecule has 0 saturated carbocycles. The summed E-state index contributed by atoms with van der Waals surface area (Å²) in [4.78, 5) is 13.1. The monoisotopic (exact) mass is 209 g/mol. The molecule has 0 aromatic carbocycles. The van der Waals surface area contributed by atoms with Crippen molar-refractivity contribution in [2.75, 3.05) is 19.6 Å². The summed E-state index contributed by atoms with van der Waals surface area (Å²) in [5.74, 6) is 0.804. The van der Waals surface area contributed by atoms with Crippen LogP contribution in [0.4, 0.5) is 0 Å². The third-order valence-corrected chi connectivity index (χ3v) is 3.95. The van der Waals surface area contributed by atoms with Gasteiger partial charge in [0.05, 0.1) is 6.04 Å². The van der Waals surface area contributed by atoms with Gasteiger partial charge in [0.15, 0.2) is 0 Å². The molecule has 1 radical (unpaired) electrons. The highest BCUT2D eigenvalue weighted by atomic mass is 16.1. The molecule has 2 fully saturated rings. The lowest BCUT2D eigenvalue weighted by Crippen LogP contribution is -2.43. The van der Waals surface area contributed by atoms with E-state index in [2.05, 4.69) is 23.4 Å². The maximum absolute atomic E-state index is 10.8. The van der Waals surface area contributed by atoms with Crippen LogP contribution in [0.25, 0.3) is 0 Å². The number of carbonyl (C=O) groups excluding carboxylic acids is 1. The van der Waals surface area contributed by atoms with E-state index in [0.29, 0.717) is 6.04 Å². The van der Waals surface area contributed by atoms with Crippen molar-refractivity contribution in [3.8, 4) is 0 Å². The fraction of sp³-hybridized carbons (Fsp3) is 0.917. The molecule has 2 heterocycles. The summed E-state index contributed by atoms with van der Waals surface area (Å²) in [6.45, 7) is 5.53. The third-order valence-electron chi connectivity index (χ3n) is 3.95. The molecule has 0 unspecified atom stereocenters. The van der Waals surface area contributed by atoms with E-state index in [9.17, 15) is 4.79 Å². The van der Waals surface area contributed by atoms with Gasteiger partial charge in [-0.05, 0) is 38.3 Å². The van der Waals surface area contributed by atoms with E-state index in [1.54, 1.807) is 0 Å². The van der Waals surface area contributed by atoms with E-state index in [1.807, 2.05) is 0 Å². The molecule has 3 nitrogen and oxygen atoms in total. The molecular formula is C12H21N2O. The molecule has 0 bridgehead atoms. The van der Waals surface area contributed by atoms with Crippen LogP contribution >= 0.6 is 0 Å². The van der Waals surface area contributed by atoms with Gasteiger partial charge in [0.25, 0.3) is 0 Å². The van der Waals surface area contributed by atoms with Crippen molar-refractivity contribution in [2.45, 2.75) is 44.7 Å². The number of nitrogens with zero attached hydrogens (tertiary/aromatic N) is 1. The van der Waals surface area contributed by atoms with Crippen LogP contribution in [-0.2, 0) is 4.79 Å². The normalized spacial score (nSPS) is 37.3. The molecule has 15 heavy (non-hydrogen) atoms. The summed E-state index contributed by atoms with van der Waals surface area (Å²) >= 11 is 0. The molecule has 1 N–H and O–H groups in total. The first-order valence-electron chi connectivity index (χ1n) is 6.20. The van der Waals surface area contributed by atoms with Gasteiger partial charge in [-0.25, -0.2) is 0 Å². The predicted molar refractivity (Wildman–Crippen MR) is 60.5 cm³/mol. The number of hydrogen-bond acceptors (Lipinski definition) is 3. The van der Waals surface area contributed by atoms with Crippen LogP contribution in [0, 0.1) is 5.92 Å². The standard InChI is InChI=1S/C12H21N2O/c1-2-10-5-6-13-12(10)8-14-7-3-4-11(14)9-15/h10-13H,2-8H2,1H3/t10-,11-,12+/m0/s1. The molecular weight excluding hydrogens is 188 g/mol. The zero-order valence-corrected chi connectivity index (χ0v) is 9.54. The molecule has 0 aromatic heterocycles. The molecule has 0 amide bonds. The van der Waals surface area contributed by atoms with Gasteiger partial charge in [-0.15, -0.1) is 0 Å². The fourth-order valence-electron chi connectivity index (χ4n) is 2.96. The summed E-state index contributed by atoms with van der Waals surface area (Å²) in [7, 11) is 0. The van der Waals surface area contributed by atoms with E-state index in [-0.39, 0.29) is 6.04 Å². The summed E-state index contributed by atoms with van der Waals surface area (Å²) in [5, 5.41) is 3.56. The van der Waals surface area contributed by atoms with Crippen molar-refractivity contribution in [1.82, 2.24) is 10.2 Å². The summed E-state index contributed by atoms with van der Waals surface area (Å²) in [5.41, 5.74) is 0. The van der Waals surface area contributed by atoms with Gasteiger partial charge in [0.1, 0.15) is 0 Å². The highest BCUT2D eigenvalue weighted by Gasteiger charge is 2.31. The van der Waals surface area contributed by atoms with Crippen LogP contribution in [0.15, 0.2) is 0 Å². The van der Waals surface area contributed by atoms with Gasteiger partial charge in [0.2, 0.25) is 6.29 Å². The minimum atomic E-state index is 0.0740. The Bertz CT molecular complexity index is 220. The van der Waals surface area contributed by atoms with Crippen molar-refractivity contribution < 1.29 is 4.79 Å². The Labute approximate surface area is 92.2 Å². The molecule has 2 aliphatic heterocycles. The van der Waals surface area contributed by atoms with Crippen LogP contribution in [0.2, 0.25) is 0 Å². The fourth-order valence-corrected chi connectivity index (χ4v) is 2.96. The van der Waals surface area contributed by atoms with E-state index in [1.165, 1.54) is 12.8 Å². The number of rotatable bonds is 4. The quantitative estimate of drug-likeness (QED) is 0.748. The smallest absolute Gasteiger partial charge is 0.217 e. The number of hydrogen-bond donors (Lipinski definition) is 1. The molecule has 0 spiro atoms. The topological polar surface area (TPSA) is 32.3 Å². The summed E-state index contributed by atoms with van der Waals surface area (Å²) < 4.78 is 0. The van der Waals surface area contributed by atoms with Crippen molar-refractivity contribution in [3.05, 3.63) is 0 Å².